The number of benzene rings is 1. The first-order chi connectivity index (χ1) is 12.4. The van der Waals surface area contributed by atoms with E-state index in [-0.39, 0.29) is 6.04 Å². The lowest BCUT2D eigenvalue weighted by Gasteiger charge is -2.33. The van der Waals surface area contributed by atoms with Gasteiger partial charge < -0.3 is 15.1 Å². The molecular formula is C21H30N4S. The van der Waals surface area contributed by atoms with Crippen LogP contribution in [0.3, 0.4) is 0 Å². The van der Waals surface area contributed by atoms with Gasteiger partial charge in [-0.1, -0.05) is 25.1 Å². The van der Waals surface area contributed by atoms with E-state index in [0.29, 0.717) is 0 Å². The van der Waals surface area contributed by atoms with Crippen LogP contribution in [0.1, 0.15) is 36.6 Å². The second kappa shape index (κ2) is 9.64. The third-order valence-electron chi connectivity index (χ3n) is 4.68. The van der Waals surface area contributed by atoms with Gasteiger partial charge in [0.2, 0.25) is 0 Å². The zero-order valence-corrected chi connectivity index (χ0v) is 17.3. The zero-order valence-electron chi connectivity index (χ0n) is 16.5. The summed E-state index contributed by atoms with van der Waals surface area (Å²) in [6, 6.07) is 10.7. The van der Waals surface area contributed by atoms with Gasteiger partial charge in [-0.3, -0.25) is 4.98 Å². The fourth-order valence-electron chi connectivity index (χ4n) is 2.98. The smallest absolute Gasteiger partial charge is 0.173 e. The minimum Gasteiger partial charge on any atom is -0.341 e. The van der Waals surface area contributed by atoms with Gasteiger partial charge in [0, 0.05) is 31.2 Å². The maximum atomic E-state index is 5.83. The average Bonchev–Trinajstić information content (AvgIpc) is 2.63. The van der Waals surface area contributed by atoms with E-state index < -0.39 is 0 Å². The molecule has 0 radical (unpaired) electrons. The van der Waals surface area contributed by atoms with E-state index in [0.717, 1.165) is 30.3 Å². The lowest BCUT2D eigenvalue weighted by Crippen LogP contribution is -2.41. The molecule has 1 N–H and O–H groups in total. The summed E-state index contributed by atoms with van der Waals surface area (Å²) in [4.78, 5) is 8.57. The molecule has 1 atom stereocenters. The number of hydrogen-bond acceptors (Lipinski definition) is 3. The molecule has 4 nitrogen and oxygen atoms in total. The summed E-state index contributed by atoms with van der Waals surface area (Å²) in [7, 11) is 4.17. The molecule has 1 unspecified atom stereocenters. The fraction of sp³-hybridized carbons (Fsp3) is 0.429. The van der Waals surface area contributed by atoms with Crippen LogP contribution in [0.4, 0.5) is 5.69 Å². The molecule has 2 aromatic rings. The minimum absolute atomic E-state index is 0.173. The summed E-state index contributed by atoms with van der Waals surface area (Å²) in [5, 5.41) is 4.29. The largest absolute Gasteiger partial charge is 0.341 e. The van der Waals surface area contributed by atoms with Crippen LogP contribution >= 0.6 is 12.2 Å². The van der Waals surface area contributed by atoms with Gasteiger partial charge in [-0.15, -0.1) is 0 Å². The van der Waals surface area contributed by atoms with Crippen LogP contribution in [0.25, 0.3) is 0 Å². The molecule has 0 aliphatic heterocycles. The predicted molar refractivity (Wildman–Crippen MR) is 115 cm³/mol. The average molecular weight is 371 g/mol. The number of aromatic nitrogens is 1. The van der Waals surface area contributed by atoms with E-state index >= 15 is 0 Å². The van der Waals surface area contributed by atoms with Crippen LogP contribution in [0, 0.1) is 6.92 Å². The number of para-hydroxylation sites is 1. The molecule has 0 saturated carbocycles. The SMILES string of the molecule is CCc1cccc(C)c1NC(=S)N(CCN(C)C)C(C)c1ccncc1. The van der Waals surface area contributed by atoms with E-state index in [1.165, 1.54) is 16.7 Å². The Bertz CT molecular complexity index is 715. The van der Waals surface area contributed by atoms with Gasteiger partial charge >= 0.3 is 0 Å². The highest BCUT2D eigenvalue weighted by Crippen LogP contribution is 2.24. The first kappa shape index (κ1) is 20.3. The molecule has 5 heteroatoms. The van der Waals surface area contributed by atoms with Gasteiger partial charge in [-0.05, 0) is 75.4 Å². The van der Waals surface area contributed by atoms with Gasteiger partial charge in [0.25, 0.3) is 0 Å². The number of aryl methyl sites for hydroxylation is 2. The predicted octanol–water partition coefficient (Wildman–Crippen LogP) is 4.27. The second-order valence-electron chi connectivity index (χ2n) is 6.85. The zero-order chi connectivity index (χ0) is 19.1. The van der Waals surface area contributed by atoms with Crippen molar-refractivity contribution in [3.05, 3.63) is 59.4 Å². The van der Waals surface area contributed by atoms with Crippen molar-refractivity contribution in [3.8, 4) is 0 Å². The molecule has 1 heterocycles. The summed E-state index contributed by atoms with van der Waals surface area (Å²) in [5.74, 6) is 0. The number of anilines is 1. The third kappa shape index (κ3) is 5.26. The molecule has 0 fully saturated rings. The molecule has 0 amide bonds. The van der Waals surface area contributed by atoms with Gasteiger partial charge in [0.15, 0.2) is 5.11 Å². The van der Waals surface area contributed by atoms with Crippen molar-refractivity contribution < 1.29 is 0 Å². The summed E-state index contributed by atoms with van der Waals surface area (Å²) in [5.41, 5.74) is 4.85. The van der Waals surface area contributed by atoms with Gasteiger partial charge in [0.1, 0.15) is 0 Å². The van der Waals surface area contributed by atoms with Crippen LogP contribution in [-0.2, 0) is 6.42 Å². The van der Waals surface area contributed by atoms with Crippen LogP contribution in [0.15, 0.2) is 42.7 Å². The highest BCUT2D eigenvalue weighted by atomic mass is 32.1. The lowest BCUT2D eigenvalue weighted by molar-refractivity contribution is 0.289. The molecule has 1 aromatic heterocycles. The molecule has 1 aromatic carbocycles. The molecule has 0 aliphatic carbocycles. The standard InChI is InChI=1S/C21H30N4S/c1-6-18-9-7-8-16(2)20(18)23-21(26)25(15-14-24(4)5)17(3)19-10-12-22-13-11-19/h7-13,17H,6,14-15H2,1-5H3,(H,23,26). The Morgan fingerprint density at radius 3 is 2.46 bits per heavy atom. The Kier molecular flexibility index (Phi) is 7.54. The molecule has 0 saturated heterocycles. The topological polar surface area (TPSA) is 31.4 Å². The Morgan fingerprint density at radius 1 is 1.15 bits per heavy atom. The number of pyridine rings is 1. The Labute approximate surface area is 163 Å². The Morgan fingerprint density at radius 2 is 1.85 bits per heavy atom. The second-order valence-corrected chi connectivity index (χ2v) is 7.23. The number of nitrogens with one attached hydrogen (secondary N) is 1. The summed E-state index contributed by atoms with van der Waals surface area (Å²) in [6.07, 6.45) is 4.65. The molecule has 2 rings (SSSR count). The number of thiocarbonyl (C=S) groups is 1. The maximum absolute atomic E-state index is 5.83. The van der Waals surface area contributed by atoms with Crippen LogP contribution < -0.4 is 5.32 Å². The first-order valence-electron chi connectivity index (χ1n) is 9.14. The molecule has 0 aliphatic rings. The number of hydrogen-bond donors (Lipinski definition) is 1. The number of rotatable bonds is 7. The molecular weight excluding hydrogens is 340 g/mol. The van der Waals surface area contributed by atoms with Crippen LogP contribution in [0.2, 0.25) is 0 Å². The van der Waals surface area contributed by atoms with Gasteiger partial charge in [0.05, 0.1) is 6.04 Å². The minimum atomic E-state index is 0.173. The molecule has 26 heavy (non-hydrogen) atoms. The van der Waals surface area contributed by atoms with Crippen molar-refractivity contribution in [2.75, 3.05) is 32.5 Å². The molecule has 140 valence electrons. The van der Waals surface area contributed by atoms with Crippen molar-refractivity contribution in [2.45, 2.75) is 33.2 Å². The summed E-state index contributed by atoms with van der Waals surface area (Å²) >= 11 is 5.83. The monoisotopic (exact) mass is 370 g/mol. The molecule has 0 bridgehead atoms. The van der Waals surface area contributed by atoms with Crippen molar-refractivity contribution in [3.63, 3.8) is 0 Å². The number of nitrogens with zero attached hydrogens (tertiary/aromatic N) is 3. The highest BCUT2D eigenvalue weighted by Gasteiger charge is 2.20. The van der Waals surface area contributed by atoms with E-state index in [1.54, 1.807) is 0 Å². The fourth-order valence-corrected chi connectivity index (χ4v) is 3.33. The summed E-state index contributed by atoms with van der Waals surface area (Å²) in [6.45, 7) is 8.28. The van der Waals surface area contributed by atoms with Gasteiger partial charge in [-0.25, -0.2) is 0 Å². The highest BCUT2D eigenvalue weighted by molar-refractivity contribution is 7.80. The lowest BCUT2D eigenvalue weighted by atomic mass is 10.1. The van der Waals surface area contributed by atoms with E-state index in [2.05, 4.69) is 85.3 Å². The van der Waals surface area contributed by atoms with Crippen molar-refractivity contribution in [1.29, 1.82) is 0 Å². The van der Waals surface area contributed by atoms with E-state index in [1.807, 2.05) is 12.4 Å². The Balaban J connectivity index is 2.26. The maximum Gasteiger partial charge on any atom is 0.173 e. The molecule has 0 spiro atoms. The Hall–Kier alpha value is -1.98. The number of likely N-dealkylation sites (N-methyl/N-ethyl adjacent to an activating group) is 1. The normalized spacial score (nSPS) is 12.1. The van der Waals surface area contributed by atoms with E-state index in [4.69, 9.17) is 12.2 Å². The van der Waals surface area contributed by atoms with Crippen molar-refractivity contribution in [1.82, 2.24) is 14.8 Å². The van der Waals surface area contributed by atoms with Crippen molar-refractivity contribution >= 4 is 23.0 Å². The van der Waals surface area contributed by atoms with Crippen LogP contribution in [0.5, 0.6) is 0 Å². The van der Waals surface area contributed by atoms with Gasteiger partial charge in [-0.2, -0.15) is 0 Å². The third-order valence-corrected chi connectivity index (χ3v) is 5.01. The van der Waals surface area contributed by atoms with Crippen molar-refractivity contribution in [2.24, 2.45) is 0 Å². The summed E-state index contributed by atoms with van der Waals surface area (Å²) < 4.78 is 0. The quantitative estimate of drug-likeness (QED) is 0.736. The van der Waals surface area contributed by atoms with E-state index in [9.17, 15) is 0 Å². The first-order valence-corrected chi connectivity index (χ1v) is 9.55. The van der Waals surface area contributed by atoms with Crippen LogP contribution in [-0.4, -0.2) is 47.1 Å².